The van der Waals surface area contributed by atoms with Gasteiger partial charge in [-0.25, -0.2) is 9.97 Å². The lowest BCUT2D eigenvalue weighted by molar-refractivity contribution is 0.663. The number of benzene rings is 1. The van der Waals surface area contributed by atoms with Gasteiger partial charge in [0.05, 0.1) is 5.69 Å². The second-order valence-corrected chi connectivity index (χ2v) is 4.50. The summed E-state index contributed by atoms with van der Waals surface area (Å²) in [6.07, 6.45) is 2.90. The molecule has 2 rings (SSSR count). The van der Waals surface area contributed by atoms with Gasteiger partial charge in [0.15, 0.2) is 5.82 Å². The Labute approximate surface area is 112 Å². The average Bonchev–Trinajstić information content (AvgIpc) is 2.39. The van der Waals surface area contributed by atoms with Crippen LogP contribution in [-0.2, 0) is 6.54 Å². The first kappa shape index (κ1) is 13.0. The summed E-state index contributed by atoms with van der Waals surface area (Å²) in [7, 11) is 0. The first-order chi connectivity index (χ1) is 8.79. The zero-order valence-electron chi connectivity index (χ0n) is 10.4. The molecule has 1 aromatic carbocycles. The molecule has 1 N–H and O–H groups in total. The van der Waals surface area contributed by atoms with E-state index in [4.69, 9.17) is 11.6 Å². The van der Waals surface area contributed by atoms with Crippen molar-refractivity contribution in [3.63, 3.8) is 0 Å². The van der Waals surface area contributed by atoms with Crippen LogP contribution in [0.25, 0.3) is 11.4 Å². The molecular weight excluding hydrogens is 246 g/mol. The first-order valence-corrected chi connectivity index (χ1v) is 6.46. The average molecular weight is 262 g/mol. The van der Waals surface area contributed by atoms with E-state index in [0.717, 1.165) is 30.8 Å². The Morgan fingerprint density at radius 2 is 2.17 bits per heavy atom. The van der Waals surface area contributed by atoms with E-state index in [1.807, 2.05) is 30.3 Å². The summed E-state index contributed by atoms with van der Waals surface area (Å²) in [5, 5.41) is 4.02. The van der Waals surface area contributed by atoms with Crippen molar-refractivity contribution in [3.05, 3.63) is 47.2 Å². The number of hydrogen-bond donors (Lipinski definition) is 1. The van der Waals surface area contributed by atoms with Gasteiger partial charge < -0.3 is 5.32 Å². The Kier molecular flexibility index (Phi) is 4.67. The molecule has 0 atom stereocenters. The van der Waals surface area contributed by atoms with Gasteiger partial charge in [-0.15, -0.1) is 0 Å². The maximum Gasteiger partial charge on any atom is 0.159 e. The maximum absolute atomic E-state index is 5.97. The van der Waals surface area contributed by atoms with Crippen LogP contribution in [0.5, 0.6) is 0 Å². The Balaban J connectivity index is 2.16. The largest absolute Gasteiger partial charge is 0.311 e. The highest BCUT2D eigenvalue weighted by Gasteiger charge is 2.03. The predicted octanol–water partition coefficient (Wildman–Crippen LogP) is 3.30. The summed E-state index contributed by atoms with van der Waals surface area (Å²) in [4.78, 5) is 8.81. The van der Waals surface area contributed by atoms with Crippen molar-refractivity contribution in [1.82, 2.24) is 15.3 Å². The van der Waals surface area contributed by atoms with E-state index in [0.29, 0.717) is 10.8 Å². The van der Waals surface area contributed by atoms with E-state index < -0.39 is 0 Å². The monoisotopic (exact) mass is 261 g/mol. The van der Waals surface area contributed by atoms with Gasteiger partial charge in [0, 0.05) is 23.3 Å². The van der Waals surface area contributed by atoms with Crippen LogP contribution in [0.15, 0.2) is 36.5 Å². The van der Waals surface area contributed by atoms with Crippen LogP contribution >= 0.6 is 11.6 Å². The Morgan fingerprint density at radius 1 is 1.28 bits per heavy atom. The van der Waals surface area contributed by atoms with E-state index in [1.165, 1.54) is 0 Å². The molecule has 0 aliphatic heterocycles. The molecule has 18 heavy (non-hydrogen) atoms. The fraction of sp³-hybridized carbons (Fsp3) is 0.286. The number of rotatable bonds is 5. The highest BCUT2D eigenvalue weighted by molar-refractivity contribution is 6.30. The minimum absolute atomic E-state index is 0.700. The molecule has 4 heteroatoms. The zero-order valence-corrected chi connectivity index (χ0v) is 11.1. The van der Waals surface area contributed by atoms with Crippen molar-refractivity contribution in [2.45, 2.75) is 19.9 Å². The Hall–Kier alpha value is -1.45. The van der Waals surface area contributed by atoms with E-state index in [2.05, 4.69) is 22.2 Å². The van der Waals surface area contributed by atoms with Crippen molar-refractivity contribution < 1.29 is 0 Å². The molecule has 0 unspecified atom stereocenters. The molecule has 3 nitrogen and oxygen atoms in total. The van der Waals surface area contributed by atoms with E-state index in [9.17, 15) is 0 Å². The van der Waals surface area contributed by atoms with E-state index >= 15 is 0 Å². The highest BCUT2D eigenvalue weighted by Crippen LogP contribution is 2.19. The second-order valence-electron chi connectivity index (χ2n) is 4.06. The summed E-state index contributed by atoms with van der Waals surface area (Å²) in [6, 6.07) is 9.52. The van der Waals surface area contributed by atoms with Crippen LogP contribution in [-0.4, -0.2) is 16.5 Å². The van der Waals surface area contributed by atoms with Gasteiger partial charge >= 0.3 is 0 Å². The lowest BCUT2D eigenvalue weighted by atomic mass is 10.2. The molecule has 0 saturated carbocycles. The second kappa shape index (κ2) is 6.47. The molecule has 0 radical (unpaired) electrons. The third-order valence-electron chi connectivity index (χ3n) is 2.53. The van der Waals surface area contributed by atoms with Crippen LogP contribution in [0, 0.1) is 0 Å². The van der Waals surface area contributed by atoms with Crippen molar-refractivity contribution >= 4 is 11.6 Å². The third kappa shape index (κ3) is 3.52. The first-order valence-electron chi connectivity index (χ1n) is 6.08. The number of nitrogens with zero attached hydrogens (tertiary/aromatic N) is 2. The highest BCUT2D eigenvalue weighted by atomic mass is 35.5. The topological polar surface area (TPSA) is 37.8 Å². The van der Waals surface area contributed by atoms with Gasteiger partial charge in [-0.1, -0.05) is 30.7 Å². The fourth-order valence-corrected chi connectivity index (χ4v) is 1.84. The Bertz CT molecular complexity index is 514. The lowest BCUT2D eigenvalue weighted by Gasteiger charge is -2.05. The lowest BCUT2D eigenvalue weighted by Crippen LogP contribution is -2.15. The molecule has 0 bridgehead atoms. The normalized spacial score (nSPS) is 10.6. The van der Waals surface area contributed by atoms with Gasteiger partial charge in [0.2, 0.25) is 0 Å². The van der Waals surface area contributed by atoms with Gasteiger partial charge in [-0.05, 0) is 31.2 Å². The Morgan fingerprint density at radius 3 is 2.94 bits per heavy atom. The fourth-order valence-electron chi connectivity index (χ4n) is 1.65. The van der Waals surface area contributed by atoms with Crippen molar-refractivity contribution in [2.75, 3.05) is 6.54 Å². The number of hydrogen-bond acceptors (Lipinski definition) is 3. The van der Waals surface area contributed by atoms with Gasteiger partial charge in [0.25, 0.3) is 0 Å². The van der Waals surface area contributed by atoms with Crippen molar-refractivity contribution in [1.29, 1.82) is 0 Å². The summed E-state index contributed by atoms with van der Waals surface area (Å²) >= 11 is 5.97. The molecule has 2 aromatic rings. The number of nitrogens with one attached hydrogen (secondary N) is 1. The summed E-state index contributed by atoms with van der Waals surface area (Å²) in [5.74, 6) is 0.716. The van der Waals surface area contributed by atoms with Gasteiger partial charge in [-0.3, -0.25) is 0 Å². The van der Waals surface area contributed by atoms with Crippen LogP contribution in [0.3, 0.4) is 0 Å². The van der Waals surface area contributed by atoms with Crippen molar-refractivity contribution in [2.24, 2.45) is 0 Å². The predicted molar refractivity (Wildman–Crippen MR) is 74.5 cm³/mol. The minimum atomic E-state index is 0.700. The third-order valence-corrected chi connectivity index (χ3v) is 2.76. The van der Waals surface area contributed by atoms with E-state index in [1.54, 1.807) is 6.20 Å². The zero-order chi connectivity index (χ0) is 12.8. The molecule has 1 aromatic heterocycles. The molecule has 0 saturated heterocycles. The van der Waals surface area contributed by atoms with Crippen LogP contribution in [0.2, 0.25) is 5.02 Å². The number of halogens is 1. The summed E-state index contributed by atoms with van der Waals surface area (Å²) in [6.45, 7) is 3.91. The van der Waals surface area contributed by atoms with Crippen LogP contribution in [0.4, 0.5) is 0 Å². The summed E-state index contributed by atoms with van der Waals surface area (Å²) in [5.41, 5.74) is 1.94. The standard InChI is InChI=1S/C14H16ClN3/c1-2-7-16-10-13-6-8-17-14(18-13)11-4-3-5-12(15)9-11/h3-6,8-9,16H,2,7,10H2,1H3. The molecular formula is C14H16ClN3. The molecule has 0 amide bonds. The molecule has 94 valence electrons. The molecule has 0 fully saturated rings. The van der Waals surface area contributed by atoms with E-state index in [-0.39, 0.29) is 0 Å². The summed E-state index contributed by atoms with van der Waals surface area (Å²) < 4.78 is 0. The minimum Gasteiger partial charge on any atom is -0.311 e. The van der Waals surface area contributed by atoms with Crippen LogP contribution in [0.1, 0.15) is 19.0 Å². The van der Waals surface area contributed by atoms with Crippen LogP contribution < -0.4 is 5.32 Å². The molecule has 0 aliphatic rings. The maximum atomic E-state index is 5.97. The SMILES string of the molecule is CCCNCc1ccnc(-c2cccc(Cl)c2)n1. The van der Waals surface area contributed by atoms with Gasteiger partial charge in [-0.2, -0.15) is 0 Å². The molecule has 1 heterocycles. The number of aromatic nitrogens is 2. The smallest absolute Gasteiger partial charge is 0.159 e. The van der Waals surface area contributed by atoms with Crippen molar-refractivity contribution in [3.8, 4) is 11.4 Å². The quantitative estimate of drug-likeness (QED) is 0.840. The molecule has 0 spiro atoms. The molecule has 0 aliphatic carbocycles. The van der Waals surface area contributed by atoms with Gasteiger partial charge in [0.1, 0.15) is 0 Å².